The fraction of sp³-hybridized carbons (Fsp3) is 0.176. The number of amides is 2. The molecule has 0 fully saturated rings. The van der Waals surface area contributed by atoms with E-state index in [1.165, 1.54) is 13.0 Å². The minimum absolute atomic E-state index is 0.0881. The largest absolute Gasteiger partial charge is 0.386 e. The van der Waals surface area contributed by atoms with Crippen molar-refractivity contribution in [3.8, 4) is 0 Å². The molecule has 2 atom stereocenters. The smallest absolute Gasteiger partial charge is 0.313 e. The molecule has 0 aliphatic rings. The lowest BCUT2D eigenvalue weighted by Gasteiger charge is -2.20. The number of aliphatic hydroxyl groups excluding tert-OH is 1. The first-order chi connectivity index (χ1) is 11.4. The molecule has 0 aliphatic carbocycles. The zero-order valence-electron chi connectivity index (χ0n) is 12.8. The van der Waals surface area contributed by atoms with Crippen LogP contribution in [0, 0.1) is 11.6 Å². The van der Waals surface area contributed by atoms with Crippen molar-refractivity contribution in [1.82, 2.24) is 5.32 Å². The van der Waals surface area contributed by atoms with Crippen molar-refractivity contribution in [1.29, 1.82) is 0 Å². The maximum absolute atomic E-state index is 13.2. The second-order valence-electron chi connectivity index (χ2n) is 5.20. The van der Waals surface area contributed by atoms with Crippen molar-refractivity contribution in [3.05, 3.63) is 65.7 Å². The van der Waals surface area contributed by atoms with Crippen molar-refractivity contribution in [2.24, 2.45) is 0 Å². The third kappa shape index (κ3) is 4.36. The Bertz CT molecular complexity index is 738. The molecule has 3 N–H and O–H groups in total. The standard InChI is InChI=1S/C17H16F2N2O3/c1-10(15(22)11-7-8-13(18)14(19)9-11)20-16(23)17(24)21-12-5-3-2-4-6-12/h2-10,15,22H,1H3,(H,20,23)(H,21,24). The van der Waals surface area contributed by atoms with Crippen LogP contribution in [0.1, 0.15) is 18.6 Å². The average molecular weight is 334 g/mol. The van der Waals surface area contributed by atoms with Crippen LogP contribution in [0.5, 0.6) is 0 Å². The molecule has 7 heteroatoms. The summed E-state index contributed by atoms with van der Waals surface area (Å²) in [6, 6.07) is 10.4. The molecule has 126 valence electrons. The van der Waals surface area contributed by atoms with Gasteiger partial charge in [0.2, 0.25) is 0 Å². The van der Waals surface area contributed by atoms with Gasteiger partial charge in [-0.25, -0.2) is 8.78 Å². The van der Waals surface area contributed by atoms with Crippen molar-refractivity contribution >= 4 is 17.5 Å². The highest BCUT2D eigenvalue weighted by molar-refractivity contribution is 6.39. The highest BCUT2D eigenvalue weighted by Crippen LogP contribution is 2.19. The molecule has 0 heterocycles. The molecule has 2 amide bonds. The summed E-state index contributed by atoms with van der Waals surface area (Å²) < 4.78 is 26.1. The summed E-state index contributed by atoms with van der Waals surface area (Å²) in [5.74, 6) is -3.99. The van der Waals surface area contributed by atoms with Crippen LogP contribution in [0.15, 0.2) is 48.5 Å². The molecular weight excluding hydrogens is 318 g/mol. The van der Waals surface area contributed by atoms with E-state index in [1.807, 2.05) is 0 Å². The number of hydrogen-bond acceptors (Lipinski definition) is 3. The van der Waals surface area contributed by atoms with Gasteiger partial charge in [0.1, 0.15) is 0 Å². The molecule has 5 nitrogen and oxygen atoms in total. The van der Waals surface area contributed by atoms with E-state index in [-0.39, 0.29) is 5.56 Å². The molecule has 0 saturated heterocycles. The van der Waals surface area contributed by atoms with E-state index in [4.69, 9.17) is 0 Å². The lowest BCUT2D eigenvalue weighted by Crippen LogP contribution is -2.43. The van der Waals surface area contributed by atoms with E-state index < -0.39 is 35.6 Å². The number of aliphatic hydroxyl groups is 1. The number of anilines is 1. The third-order valence-electron chi connectivity index (χ3n) is 3.36. The van der Waals surface area contributed by atoms with E-state index in [0.717, 1.165) is 12.1 Å². The minimum Gasteiger partial charge on any atom is -0.386 e. The Labute approximate surface area is 137 Å². The van der Waals surface area contributed by atoms with Gasteiger partial charge in [-0.05, 0) is 36.8 Å². The van der Waals surface area contributed by atoms with Crippen LogP contribution in [0.2, 0.25) is 0 Å². The molecule has 2 aromatic rings. The fourth-order valence-electron chi connectivity index (χ4n) is 2.05. The maximum Gasteiger partial charge on any atom is 0.313 e. The zero-order chi connectivity index (χ0) is 17.7. The van der Waals surface area contributed by atoms with E-state index in [9.17, 15) is 23.5 Å². The predicted octanol–water partition coefficient (Wildman–Crippen LogP) is 2.14. The number of rotatable bonds is 4. The normalized spacial score (nSPS) is 13.0. The van der Waals surface area contributed by atoms with Gasteiger partial charge in [-0.2, -0.15) is 0 Å². The molecular formula is C17H16F2N2O3. The number of carbonyl (C=O) groups excluding carboxylic acids is 2. The lowest BCUT2D eigenvalue weighted by molar-refractivity contribution is -0.137. The maximum atomic E-state index is 13.2. The molecule has 2 aromatic carbocycles. The highest BCUT2D eigenvalue weighted by atomic mass is 19.2. The van der Waals surface area contributed by atoms with Gasteiger partial charge in [-0.1, -0.05) is 24.3 Å². The molecule has 0 radical (unpaired) electrons. The average Bonchev–Trinajstić information content (AvgIpc) is 2.57. The van der Waals surface area contributed by atoms with Gasteiger partial charge in [0, 0.05) is 5.69 Å². The molecule has 0 aromatic heterocycles. The van der Waals surface area contributed by atoms with E-state index in [2.05, 4.69) is 10.6 Å². The lowest BCUT2D eigenvalue weighted by atomic mass is 10.0. The Kier molecular flexibility index (Phi) is 5.59. The number of benzene rings is 2. The van der Waals surface area contributed by atoms with Crippen LogP contribution in [-0.4, -0.2) is 23.0 Å². The molecule has 24 heavy (non-hydrogen) atoms. The summed E-state index contributed by atoms with van der Waals surface area (Å²) in [6.45, 7) is 1.44. The van der Waals surface area contributed by atoms with Crippen LogP contribution >= 0.6 is 0 Å². The Morgan fingerprint density at radius 1 is 1.00 bits per heavy atom. The Morgan fingerprint density at radius 2 is 1.67 bits per heavy atom. The van der Waals surface area contributed by atoms with Crippen molar-refractivity contribution in [2.45, 2.75) is 19.1 Å². The highest BCUT2D eigenvalue weighted by Gasteiger charge is 2.23. The topological polar surface area (TPSA) is 78.4 Å². The van der Waals surface area contributed by atoms with Crippen LogP contribution in [0.25, 0.3) is 0 Å². The number of hydrogen-bond donors (Lipinski definition) is 3. The van der Waals surface area contributed by atoms with Gasteiger partial charge >= 0.3 is 11.8 Å². The van der Waals surface area contributed by atoms with Crippen LogP contribution < -0.4 is 10.6 Å². The first-order valence-electron chi connectivity index (χ1n) is 7.18. The number of para-hydroxylation sites is 1. The van der Waals surface area contributed by atoms with Gasteiger partial charge < -0.3 is 15.7 Å². The van der Waals surface area contributed by atoms with Gasteiger partial charge in [0.05, 0.1) is 12.1 Å². The van der Waals surface area contributed by atoms with Gasteiger partial charge in [0.15, 0.2) is 11.6 Å². The van der Waals surface area contributed by atoms with E-state index >= 15 is 0 Å². The van der Waals surface area contributed by atoms with Gasteiger partial charge in [0.25, 0.3) is 0 Å². The summed E-state index contributed by atoms with van der Waals surface area (Å²) in [5, 5.41) is 14.8. The van der Waals surface area contributed by atoms with Crippen molar-refractivity contribution in [3.63, 3.8) is 0 Å². The van der Waals surface area contributed by atoms with Crippen LogP contribution in [0.3, 0.4) is 0 Å². The molecule has 0 aliphatic heterocycles. The quantitative estimate of drug-likeness (QED) is 0.750. The van der Waals surface area contributed by atoms with E-state index in [1.54, 1.807) is 30.3 Å². The van der Waals surface area contributed by atoms with Gasteiger partial charge in [-0.3, -0.25) is 9.59 Å². The summed E-state index contributed by atoms with van der Waals surface area (Å²) in [6.07, 6.45) is -1.30. The molecule has 0 bridgehead atoms. The number of carbonyl (C=O) groups is 2. The first kappa shape index (κ1) is 17.6. The van der Waals surface area contributed by atoms with E-state index in [0.29, 0.717) is 5.69 Å². The molecule has 0 spiro atoms. The SMILES string of the molecule is CC(NC(=O)C(=O)Nc1ccccc1)C(O)c1ccc(F)c(F)c1. The number of halogens is 2. The van der Waals surface area contributed by atoms with Crippen LogP contribution in [-0.2, 0) is 9.59 Å². The molecule has 0 saturated carbocycles. The second kappa shape index (κ2) is 7.65. The Hall–Kier alpha value is -2.80. The second-order valence-corrected chi connectivity index (χ2v) is 5.20. The summed E-state index contributed by atoms with van der Waals surface area (Å²) in [4.78, 5) is 23.6. The minimum atomic E-state index is -1.30. The molecule has 2 unspecified atom stereocenters. The van der Waals surface area contributed by atoms with Gasteiger partial charge in [-0.15, -0.1) is 0 Å². The Balaban J connectivity index is 1.97. The van der Waals surface area contributed by atoms with Crippen molar-refractivity contribution in [2.75, 3.05) is 5.32 Å². The summed E-state index contributed by atoms with van der Waals surface area (Å²) in [5.41, 5.74) is 0.539. The fourth-order valence-corrected chi connectivity index (χ4v) is 2.05. The summed E-state index contributed by atoms with van der Waals surface area (Å²) >= 11 is 0. The monoisotopic (exact) mass is 334 g/mol. The van der Waals surface area contributed by atoms with Crippen molar-refractivity contribution < 1.29 is 23.5 Å². The molecule has 2 rings (SSSR count). The first-order valence-corrected chi connectivity index (χ1v) is 7.18. The third-order valence-corrected chi connectivity index (χ3v) is 3.36. The Morgan fingerprint density at radius 3 is 2.29 bits per heavy atom. The zero-order valence-corrected chi connectivity index (χ0v) is 12.8. The predicted molar refractivity (Wildman–Crippen MR) is 84.0 cm³/mol. The number of nitrogens with one attached hydrogen (secondary N) is 2. The van der Waals surface area contributed by atoms with Crippen LogP contribution in [0.4, 0.5) is 14.5 Å². The summed E-state index contributed by atoms with van der Waals surface area (Å²) in [7, 11) is 0.